The Bertz CT molecular complexity index is 1010. The van der Waals surface area contributed by atoms with Crippen LogP contribution in [-0.4, -0.2) is 33.0 Å². The second-order valence-corrected chi connectivity index (χ2v) is 6.94. The predicted molar refractivity (Wildman–Crippen MR) is 98.2 cm³/mol. The zero-order valence-electron chi connectivity index (χ0n) is 14.8. The average Bonchev–Trinajstić information content (AvgIpc) is 3.16. The van der Waals surface area contributed by atoms with Gasteiger partial charge in [0, 0.05) is 0 Å². The minimum Gasteiger partial charge on any atom is -0.495 e. The number of nitrogens with zero attached hydrogens (tertiary/aromatic N) is 3. The molecule has 6 nitrogen and oxygen atoms in total. The highest BCUT2D eigenvalue weighted by Gasteiger charge is 2.22. The Morgan fingerprint density at radius 1 is 1.18 bits per heavy atom. The van der Waals surface area contributed by atoms with E-state index in [0.29, 0.717) is 16.6 Å². The molecule has 10 heteroatoms. The Morgan fingerprint density at radius 2 is 1.93 bits per heavy atom. The molecule has 0 radical (unpaired) electrons. The fraction of sp³-hybridized carbons (Fsp3) is 0.167. The number of carbonyl (C=O) groups is 1. The predicted octanol–water partition coefficient (Wildman–Crippen LogP) is 3.81. The average molecular weight is 408 g/mol. The maximum atomic E-state index is 13.8. The van der Waals surface area contributed by atoms with Crippen LogP contribution in [0.5, 0.6) is 5.75 Å². The van der Waals surface area contributed by atoms with Crippen LogP contribution in [0.4, 0.5) is 18.9 Å². The molecule has 0 aliphatic heterocycles. The third-order valence-corrected chi connectivity index (χ3v) is 4.86. The second kappa shape index (κ2) is 8.34. The fourth-order valence-corrected chi connectivity index (χ4v) is 3.20. The van der Waals surface area contributed by atoms with Crippen LogP contribution in [0.1, 0.15) is 6.92 Å². The molecule has 1 amide bonds. The van der Waals surface area contributed by atoms with Crippen LogP contribution < -0.4 is 10.1 Å². The molecule has 0 fully saturated rings. The van der Waals surface area contributed by atoms with E-state index < -0.39 is 34.3 Å². The molecule has 146 valence electrons. The molecule has 0 unspecified atom stereocenters. The first kappa shape index (κ1) is 19.7. The number of carbonyl (C=O) groups excluding carboxylic acids is 1. The van der Waals surface area contributed by atoms with Crippen LogP contribution in [0.25, 0.3) is 5.69 Å². The smallest absolute Gasteiger partial charge is 0.237 e. The lowest BCUT2D eigenvalue weighted by molar-refractivity contribution is -0.115. The van der Waals surface area contributed by atoms with Crippen molar-refractivity contribution in [1.29, 1.82) is 0 Å². The van der Waals surface area contributed by atoms with Gasteiger partial charge in [0.1, 0.15) is 12.1 Å². The van der Waals surface area contributed by atoms with Crippen LogP contribution in [0, 0.1) is 17.5 Å². The van der Waals surface area contributed by atoms with Crippen LogP contribution in [0.2, 0.25) is 0 Å². The van der Waals surface area contributed by atoms with E-state index in [9.17, 15) is 18.0 Å². The molecule has 0 saturated carbocycles. The highest BCUT2D eigenvalue weighted by atomic mass is 32.2. The normalized spacial score (nSPS) is 11.9. The summed E-state index contributed by atoms with van der Waals surface area (Å²) in [5, 5.41) is 9.77. The van der Waals surface area contributed by atoms with Crippen molar-refractivity contribution in [2.24, 2.45) is 0 Å². The molecule has 0 spiro atoms. The number of amides is 1. The fourth-order valence-electron chi connectivity index (χ4n) is 2.37. The largest absolute Gasteiger partial charge is 0.495 e. The first-order chi connectivity index (χ1) is 13.4. The van der Waals surface area contributed by atoms with Crippen molar-refractivity contribution >= 4 is 23.4 Å². The maximum absolute atomic E-state index is 13.8. The van der Waals surface area contributed by atoms with E-state index in [4.69, 9.17) is 4.74 Å². The van der Waals surface area contributed by atoms with Gasteiger partial charge in [-0.1, -0.05) is 23.9 Å². The third-order valence-electron chi connectivity index (χ3n) is 3.81. The lowest BCUT2D eigenvalue weighted by Gasteiger charge is -2.14. The van der Waals surface area contributed by atoms with Crippen molar-refractivity contribution in [1.82, 2.24) is 14.8 Å². The van der Waals surface area contributed by atoms with Crippen molar-refractivity contribution in [3.63, 3.8) is 0 Å². The number of para-hydroxylation sites is 2. The molecule has 1 aromatic heterocycles. The Kier molecular flexibility index (Phi) is 5.88. The number of hydrogen-bond donors (Lipinski definition) is 1. The van der Waals surface area contributed by atoms with Crippen LogP contribution in [0.15, 0.2) is 47.9 Å². The molecule has 0 aliphatic carbocycles. The number of anilines is 1. The first-order valence-electron chi connectivity index (χ1n) is 8.06. The second-order valence-electron chi connectivity index (χ2n) is 5.63. The number of nitrogens with one attached hydrogen (secondary N) is 1. The summed E-state index contributed by atoms with van der Waals surface area (Å²) >= 11 is 1.06. The van der Waals surface area contributed by atoms with E-state index in [-0.39, 0.29) is 0 Å². The van der Waals surface area contributed by atoms with E-state index in [1.165, 1.54) is 13.4 Å². The highest BCUT2D eigenvalue weighted by Crippen LogP contribution is 2.29. The van der Waals surface area contributed by atoms with Crippen molar-refractivity contribution in [2.45, 2.75) is 17.3 Å². The van der Waals surface area contributed by atoms with Gasteiger partial charge in [0.05, 0.1) is 23.7 Å². The van der Waals surface area contributed by atoms with Crippen LogP contribution in [-0.2, 0) is 4.79 Å². The van der Waals surface area contributed by atoms with Gasteiger partial charge in [-0.05, 0) is 31.2 Å². The number of halogens is 3. The molecule has 1 heterocycles. The van der Waals surface area contributed by atoms with Gasteiger partial charge in [0.25, 0.3) is 0 Å². The summed E-state index contributed by atoms with van der Waals surface area (Å²) in [5.74, 6) is -4.45. The molecule has 28 heavy (non-hydrogen) atoms. The summed E-state index contributed by atoms with van der Waals surface area (Å²) < 4.78 is 47.1. The number of thioether (sulfide) groups is 1. The molecular formula is C18H15F3N4O2S. The summed E-state index contributed by atoms with van der Waals surface area (Å²) in [4.78, 5) is 12.4. The number of methoxy groups -OCH3 is 1. The Hall–Kier alpha value is -3.01. The zero-order valence-corrected chi connectivity index (χ0v) is 15.6. The summed E-state index contributed by atoms with van der Waals surface area (Å²) in [6.07, 6.45) is 1.47. The Balaban J connectivity index is 1.77. The van der Waals surface area contributed by atoms with Gasteiger partial charge >= 0.3 is 0 Å². The molecule has 0 bridgehead atoms. The molecule has 3 rings (SSSR count). The number of ether oxygens (including phenoxy) is 1. The minimum atomic E-state index is -1.64. The van der Waals surface area contributed by atoms with E-state index in [1.54, 1.807) is 23.6 Å². The van der Waals surface area contributed by atoms with Gasteiger partial charge in [-0.3, -0.25) is 9.36 Å². The van der Waals surface area contributed by atoms with Gasteiger partial charge in [-0.25, -0.2) is 13.2 Å². The monoisotopic (exact) mass is 408 g/mol. The van der Waals surface area contributed by atoms with Crippen molar-refractivity contribution < 1.29 is 22.7 Å². The van der Waals surface area contributed by atoms with Gasteiger partial charge < -0.3 is 10.1 Å². The van der Waals surface area contributed by atoms with Crippen molar-refractivity contribution in [2.75, 3.05) is 12.4 Å². The summed E-state index contributed by atoms with van der Waals surface area (Å²) in [5.41, 5.74) is 0.235. The van der Waals surface area contributed by atoms with E-state index in [1.807, 2.05) is 12.1 Å². The molecule has 1 atom stereocenters. The zero-order chi connectivity index (χ0) is 20.3. The number of hydrogen-bond acceptors (Lipinski definition) is 5. The third kappa shape index (κ3) is 3.96. The standard InChI is InChI=1S/C18H15F3N4O2S/c1-10(17(26)23-12-8-7-11(19)15(20)16(12)21)28-18-24-22-9-25(18)13-5-3-4-6-14(13)27-2/h3-10H,1-2H3,(H,23,26)/t10-/m0/s1. The van der Waals surface area contributed by atoms with Gasteiger partial charge in [-0.2, -0.15) is 0 Å². The Morgan fingerprint density at radius 3 is 2.68 bits per heavy atom. The number of benzene rings is 2. The maximum Gasteiger partial charge on any atom is 0.237 e. The lowest BCUT2D eigenvalue weighted by atomic mass is 10.2. The molecule has 0 aliphatic rings. The molecular weight excluding hydrogens is 393 g/mol. The SMILES string of the molecule is COc1ccccc1-n1cnnc1S[C@@H](C)C(=O)Nc1ccc(F)c(F)c1F. The number of aromatic nitrogens is 3. The molecule has 0 saturated heterocycles. The lowest BCUT2D eigenvalue weighted by Crippen LogP contribution is -2.23. The van der Waals surface area contributed by atoms with Gasteiger partial charge in [0.2, 0.25) is 5.91 Å². The van der Waals surface area contributed by atoms with E-state index >= 15 is 0 Å². The van der Waals surface area contributed by atoms with Crippen LogP contribution >= 0.6 is 11.8 Å². The quantitative estimate of drug-likeness (QED) is 0.496. The first-order valence-corrected chi connectivity index (χ1v) is 8.94. The molecule has 3 aromatic rings. The van der Waals surface area contributed by atoms with Crippen molar-refractivity contribution in [3.05, 3.63) is 60.2 Å². The van der Waals surface area contributed by atoms with Gasteiger partial charge in [0.15, 0.2) is 22.6 Å². The molecule has 2 aromatic carbocycles. The van der Waals surface area contributed by atoms with Gasteiger partial charge in [-0.15, -0.1) is 10.2 Å². The minimum absolute atomic E-state index is 0.401. The molecule has 1 N–H and O–H groups in total. The number of rotatable bonds is 6. The summed E-state index contributed by atoms with van der Waals surface area (Å²) in [6.45, 7) is 1.57. The summed E-state index contributed by atoms with van der Waals surface area (Å²) in [7, 11) is 1.53. The highest BCUT2D eigenvalue weighted by molar-refractivity contribution is 8.00. The Labute approximate surface area is 162 Å². The van der Waals surface area contributed by atoms with E-state index in [2.05, 4.69) is 15.5 Å². The topological polar surface area (TPSA) is 69.0 Å². The van der Waals surface area contributed by atoms with Crippen LogP contribution in [0.3, 0.4) is 0 Å². The van der Waals surface area contributed by atoms with E-state index in [0.717, 1.165) is 23.9 Å². The summed E-state index contributed by atoms with van der Waals surface area (Å²) in [6, 6.07) is 8.89. The van der Waals surface area contributed by atoms with Crippen molar-refractivity contribution in [3.8, 4) is 11.4 Å².